The number of carbonyl (C=O) groups excluding carboxylic acids is 1. The maximum atomic E-state index is 14.7. The largest absolute Gasteiger partial charge is 0.507 e. The van der Waals surface area contributed by atoms with Crippen LogP contribution < -0.4 is 31.8 Å². The van der Waals surface area contributed by atoms with Gasteiger partial charge in [-0.2, -0.15) is 0 Å². The average Bonchev–Trinajstić information content (AvgIpc) is 3.52. The van der Waals surface area contributed by atoms with Crippen LogP contribution >= 0.6 is 0 Å². The number of aliphatic imine (C=N–C) groups is 1. The highest BCUT2D eigenvalue weighted by molar-refractivity contribution is 5.88. The molecule has 6 aliphatic heterocycles. The van der Waals surface area contributed by atoms with Gasteiger partial charge in [-0.15, -0.1) is 0 Å². The topological polar surface area (TPSA) is 205 Å². The summed E-state index contributed by atoms with van der Waals surface area (Å²) in [7, 11) is 1.91. The van der Waals surface area contributed by atoms with Crippen molar-refractivity contribution in [3.05, 3.63) is 105 Å². The second-order valence-electron chi connectivity index (χ2n) is 17.4. The molecule has 1 aromatic carbocycles. The van der Waals surface area contributed by atoms with Gasteiger partial charge in [0.2, 0.25) is 0 Å². The number of hydrogen-bond acceptors (Lipinski definition) is 13. The van der Waals surface area contributed by atoms with Gasteiger partial charge in [0.05, 0.1) is 17.5 Å². The monoisotopic (exact) mass is 798 g/mol. The number of pyridine rings is 2. The van der Waals surface area contributed by atoms with E-state index in [-0.39, 0.29) is 39.9 Å². The fourth-order valence-corrected chi connectivity index (χ4v) is 10.4. The zero-order chi connectivity index (χ0) is 41.0. The van der Waals surface area contributed by atoms with Crippen LogP contribution in [0.25, 0.3) is 22.2 Å². The summed E-state index contributed by atoms with van der Waals surface area (Å²) >= 11 is 0. The highest BCUT2D eigenvalue weighted by Crippen LogP contribution is 2.59. The number of phenolic OH excluding ortho intramolecular Hbond substituents is 1. The summed E-state index contributed by atoms with van der Waals surface area (Å²) in [4.78, 5) is 42.9. The van der Waals surface area contributed by atoms with Crippen LogP contribution in [0.2, 0.25) is 0 Å². The van der Waals surface area contributed by atoms with Crippen LogP contribution in [0.15, 0.2) is 86.3 Å². The van der Waals surface area contributed by atoms with Crippen molar-refractivity contribution in [1.29, 1.82) is 0 Å². The Morgan fingerprint density at radius 1 is 1.05 bits per heavy atom. The maximum Gasteiger partial charge on any atom is 0.342 e. The number of quaternary nitrogens is 1. The number of nitrogens with one attached hydrogen (secondary N) is 2. The first kappa shape index (κ1) is 37.4. The minimum Gasteiger partial charge on any atom is -0.507 e. The Kier molecular flexibility index (Phi) is 8.64. The van der Waals surface area contributed by atoms with Gasteiger partial charge in [-0.1, -0.05) is 12.2 Å². The summed E-state index contributed by atoms with van der Waals surface area (Å²) in [6.45, 7) is 7.62. The normalized spacial score (nSPS) is 29.5. The summed E-state index contributed by atoms with van der Waals surface area (Å²) in [6.07, 6.45) is 10.8. The zero-order valence-corrected chi connectivity index (χ0v) is 33.5. The number of aromatic nitrogens is 2. The molecule has 2 bridgehead atoms. The standard InChI is InChI=1S/C45H47N7O7/c1-22-11-32(53)39-33(56-22)17-34-40(41(39)54)38-29-7-6-27(14-26(29)18-48-4)45(43(55)57-42(38)44(2,3)58-34)35(59-45)8-5-23-12-30(51-36(46)13-23)25-15-28(50-37(47)16-25)20-52-19-24-9-10-49-31(24)21-52/h6-7,9-13,15-17,21,26-27,29,35,38,42,48,54H,5,8,14,18-20H2,1-4H3,(H2,46,51)(H2,47,50)/p+1/t26-,27+,29+,35-,38+,42-,45-/m1/s1. The number of aryl methyl sites for hydroxylation is 2. The van der Waals surface area contributed by atoms with E-state index in [9.17, 15) is 14.7 Å². The van der Waals surface area contributed by atoms with Gasteiger partial charge >= 0.3 is 5.97 Å². The first-order valence-electron chi connectivity index (χ1n) is 20.4. The third-order valence-corrected chi connectivity index (χ3v) is 13.0. The molecular weight excluding hydrogens is 751 g/mol. The van der Waals surface area contributed by atoms with Gasteiger partial charge in [0.25, 0.3) is 0 Å². The molecule has 1 unspecified atom stereocenters. The molecule has 14 heteroatoms. The first-order valence-corrected chi connectivity index (χ1v) is 20.4. The summed E-state index contributed by atoms with van der Waals surface area (Å²) in [5.74, 6) is 0.0655. The number of rotatable bonds is 8. The van der Waals surface area contributed by atoms with Crippen molar-refractivity contribution in [2.45, 2.75) is 75.9 Å². The third-order valence-electron chi connectivity index (χ3n) is 13.0. The molecule has 2 saturated heterocycles. The molecule has 4 aromatic rings. The Labute approximate surface area is 340 Å². The van der Waals surface area contributed by atoms with Gasteiger partial charge in [0.1, 0.15) is 76.6 Å². The number of allylic oxidation sites excluding steroid dienone is 2. The number of fused-ring (bicyclic) bond motifs is 5. The number of epoxide rings is 1. The number of carbonyl (C=O) groups is 1. The Morgan fingerprint density at radius 3 is 2.69 bits per heavy atom. The van der Waals surface area contributed by atoms with Crippen LogP contribution in [-0.4, -0.2) is 70.8 Å². The summed E-state index contributed by atoms with van der Waals surface area (Å²) in [5, 5.41) is 15.3. The second kappa shape index (κ2) is 13.6. The summed E-state index contributed by atoms with van der Waals surface area (Å²) in [5.41, 5.74) is 16.4. The van der Waals surface area contributed by atoms with Gasteiger partial charge in [0.15, 0.2) is 11.0 Å². The lowest BCUT2D eigenvalue weighted by molar-refractivity contribution is -0.852. The Bertz CT molecular complexity index is 2630. The minimum absolute atomic E-state index is 0.0409. The molecule has 59 heavy (non-hydrogen) atoms. The number of nitrogens with zero attached hydrogens (tertiary/aromatic N) is 3. The predicted molar refractivity (Wildman–Crippen MR) is 221 cm³/mol. The van der Waals surface area contributed by atoms with Crippen molar-refractivity contribution < 1.29 is 33.4 Å². The number of aromatic hydroxyl groups is 1. The Balaban J connectivity index is 0.934. The quantitative estimate of drug-likeness (QED) is 0.0985. The Hall–Kier alpha value is -5.83. The number of ether oxygens (including phenoxy) is 3. The van der Waals surface area contributed by atoms with Gasteiger partial charge in [-0.25, -0.2) is 14.8 Å². The molecule has 0 saturated carbocycles. The molecule has 0 amide bonds. The van der Waals surface area contributed by atoms with E-state index in [2.05, 4.69) is 38.6 Å². The molecule has 7 N–H and O–H groups in total. The molecule has 2 fully saturated rings. The van der Waals surface area contributed by atoms with Gasteiger partial charge in [-0.3, -0.25) is 14.7 Å². The fraction of sp³-hybridized carbons (Fsp3) is 0.400. The molecule has 8 atom stereocenters. The Morgan fingerprint density at radius 2 is 1.88 bits per heavy atom. The van der Waals surface area contributed by atoms with Crippen LogP contribution in [-0.2, 0) is 27.2 Å². The van der Waals surface area contributed by atoms with Gasteiger partial charge in [-0.05, 0) is 101 Å². The number of benzene rings is 1. The van der Waals surface area contributed by atoms with Crippen molar-refractivity contribution in [1.82, 2.24) is 15.3 Å². The highest BCUT2D eigenvalue weighted by atomic mass is 16.7. The number of esters is 1. The van der Waals surface area contributed by atoms with Gasteiger partial charge in [0, 0.05) is 46.9 Å². The van der Waals surface area contributed by atoms with E-state index >= 15 is 0 Å². The van der Waals surface area contributed by atoms with Crippen LogP contribution in [0.1, 0.15) is 55.2 Å². The summed E-state index contributed by atoms with van der Waals surface area (Å²) < 4.78 is 25.6. The number of phenols is 1. The van der Waals surface area contributed by atoms with E-state index in [0.717, 1.165) is 29.1 Å². The van der Waals surface area contributed by atoms with E-state index in [1.807, 2.05) is 57.5 Å². The molecule has 7 aliphatic rings. The molecule has 3 aromatic heterocycles. The van der Waals surface area contributed by atoms with E-state index in [1.54, 1.807) is 13.0 Å². The molecule has 1 spiro atoms. The van der Waals surface area contributed by atoms with Crippen LogP contribution in [0, 0.1) is 24.7 Å². The predicted octanol–water partition coefficient (Wildman–Crippen LogP) is 3.66. The molecular formula is C45H48N7O7+. The zero-order valence-electron chi connectivity index (χ0n) is 33.5. The van der Waals surface area contributed by atoms with Crippen LogP contribution in [0.4, 0.5) is 11.6 Å². The smallest absolute Gasteiger partial charge is 0.342 e. The van der Waals surface area contributed by atoms with E-state index < -0.39 is 35.3 Å². The van der Waals surface area contributed by atoms with Gasteiger partial charge < -0.3 is 40.5 Å². The maximum absolute atomic E-state index is 14.7. The number of nitrogens with two attached hydrogens (primary N) is 2. The third kappa shape index (κ3) is 6.23. The van der Waals surface area contributed by atoms with Crippen molar-refractivity contribution in [2.75, 3.05) is 31.6 Å². The molecule has 14 nitrogen and oxygen atoms in total. The number of nitrogen functional groups attached to an aromatic ring is 2. The van der Waals surface area contributed by atoms with Crippen LogP contribution in [0.3, 0.4) is 0 Å². The highest BCUT2D eigenvalue weighted by Gasteiger charge is 2.70. The van der Waals surface area contributed by atoms with Crippen molar-refractivity contribution in [3.8, 4) is 22.8 Å². The lowest BCUT2D eigenvalue weighted by Crippen LogP contribution is -3.04. The van der Waals surface area contributed by atoms with Crippen molar-refractivity contribution >= 4 is 34.8 Å². The molecule has 1 aliphatic carbocycles. The molecule has 0 radical (unpaired) electrons. The number of hydrogen-bond donors (Lipinski definition) is 5. The van der Waals surface area contributed by atoms with E-state index in [0.29, 0.717) is 66.8 Å². The van der Waals surface area contributed by atoms with Crippen molar-refractivity contribution in [2.24, 2.45) is 22.7 Å². The minimum atomic E-state index is -1.20. The average molecular weight is 799 g/mol. The first-order chi connectivity index (χ1) is 28.3. The number of anilines is 2. The molecule has 11 rings (SSSR count). The van der Waals surface area contributed by atoms with E-state index in [4.69, 9.17) is 30.1 Å². The SMILES string of the molecule is CNC[C@H]1C[C@@H]2C=C[C@@H]1[C@H]1c3c(cc4oc(C)cc(=O)c4c3O)OC(C)(C)[C@@H]1OC(=O)[C@@]21O[C@@H]1CCc1cc(N)nc(-c2cc(N)nc(C[NH+]3C=C4N=CC=C4C3)c2)c1. The van der Waals surface area contributed by atoms with E-state index in [1.165, 1.54) is 16.5 Å². The summed E-state index contributed by atoms with van der Waals surface area (Å²) in [6, 6.07) is 10.7. The second-order valence-corrected chi connectivity index (χ2v) is 17.4. The lowest BCUT2D eigenvalue weighted by Gasteiger charge is -2.47. The lowest BCUT2D eigenvalue weighted by atomic mass is 9.64. The van der Waals surface area contributed by atoms with Crippen molar-refractivity contribution in [3.63, 3.8) is 0 Å². The molecule has 9 heterocycles. The van der Waals surface area contributed by atoms with Crippen LogP contribution in [0.5, 0.6) is 11.5 Å². The molecule has 304 valence electrons. The fourth-order valence-electron chi connectivity index (χ4n) is 10.4.